The van der Waals surface area contributed by atoms with Gasteiger partial charge in [0.05, 0.1) is 5.03 Å². The van der Waals surface area contributed by atoms with E-state index < -0.39 is 8.67 Å². The van der Waals surface area contributed by atoms with Crippen LogP contribution in [0, 0.1) is 0 Å². The Morgan fingerprint density at radius 1 is 1.00 bits per heavy atom. The Morgan fingerprint density at radius 3 is 1.83 bits per heavy atom. The fourth-order valence-electron chi connectivity index (χ4n) is 0.649. The maximum Gasteiger partial charge on any atom is 0.174 e. The number of halogens is 6. The van der Waals surface area contributed by atoms with Crippen molar-refractivity contribution in [3.63, 3.8) is 0 Å². The average molecular weight is 331 g/mol. The van der Waals surface area contributed by atoms with E-state index in [-0.39, 0.29) is 0 Å². The van der Waals surface area contributed by atoms with Crippen molar-refractivity contribution >= 4 is 73.9 Å². The van der Waals surface area contributed by atoms with Gasteiger partial charge in [0, 0.05) is 4.48 Å². The summed E-state index contributed by atoms with van der Waals surface area (Å²) in [5, 5.41) is 0.386. The van der Waals surface area contributed by atoms with Gasteiger partial charge < -0.3 is 0 Å². The highest BCUT2D eigenvalue weighted by atomic mass is 79.9. The summed E-state index contributed by atoms with van der Waals surface area (Å²) in [6.45, 7) is 0. The molecule has 0 bridgehead atoms. The predicted molar refractivity (Wildman–Crippen MR) is 59.8 cm³/mol. The Kier molecular flexibility index (Phi) is 3.37. The van der Waals surface area contributed by atoms with Crippen molar-refractivity contribution < 1.29 is 0 Å². The lowest BCUT2D eigenvalue weighted by Gasteiger charge is -2.31. The van der Waals surface area contributed by atoms with Crippen LogP contribution in [0.3, 0.4) is 0 Å². The molecule has 0 aromatic carbocycles. The van der Waals surface area contributed by atoms with Gasteiger partial charge in [0.25, 0.3) is 0 Å². The van der Waals surface area contributed by atoms with E-state index >= 15 is 0 Å². The van der Waals surface area contributed by atoms with Gasteiger partial charge in [-0.3, -0.25) is 0 Å². The molecule has 0 amide bonds. The van der Waals surface area contributed by atoms with E-state index in [9.17, 15) is 0 Å². The third-order valence-electron chi connectivity index (χ3n) is 1.29. The van der Waals surface area contributed by atoms with Crippen LogP contribution in [0.25, 0.3) is 0 Å². The maximum absolute atomic E-state index is 5.82. The van der Waals surface area contributed by atoms with E-state index in [0.29, 0.717) is 9.51 Å². The zero-order valence-electron chi connectivity index (χ0n) is 5.42. The third-order valence-corrected chi connectivity index (χ3v) is 4.50. The first-order valence-electron chi connectivity index (χ1n) is 2.79. The lowest BCUT2D eigenvalue weighted by molar-refractivity contribution is 0.891. The van der Waals surface area contributed by atoms with Crippen molar-refractivity contribution in [1.29, 1.82) is 0 Å². The molecule has 1 rings (SSSR count). The summed E-state index contributed by atoms with van der Waals surface area (Å²) in [5.41, 5.74) is 0. The van der Waals surface area contributed by atoms with E-state index in [1.54, 1.807) is 0 Å². The molecule has 0 N–H and O–H groups in total. The van der Waals surface area contributed by atoms with Crippen LogP contribution in [0.15, 0.2) is 21.7 Å². The Hall–Kier alpha value is 1.41. The zero-order chi connectivity index (χ0) is 9.57. The fourth-order valence-corrected chi connectivity index (χ4v) is 2.35. The molecule has 0 atom stereocenters. The second-order valence-corrected chi connectivity index (χ2v) is 6.26. The molecule has 0 aromatic rings. The summed E-state index contributed by atoms with van der Waals surface area (Å²) < 4.78 is -2.19. The van der Waals surface area contributed by atoms with Crippen LogP contribution in [-0.2, 0) is 0 Å². The van der Waals surface area contributed by atoms with Gasteiger partial charge in [0.1, 0.15) is 0 Å². The smallest absolute Gasteiger partial charge is 0.0932 e. The highest BCUT2D eigenvalue weighted by Crippen LogP contribution is 2.50. The van der Waals surface area contributed by atoms with Crippen molar-refractivity contribution in [2.24, 2.45) is 0 Å². The zero-order valence-corrected chi connectivity index (χ0v) is 10.8. The maximum atomic E-state index is 5.82. The van der Waals surface area contributed by atoms with E-state index in [0.717, 1.165) is 0 Å². The van der Waals surface area contributed by atoms with E-state index in [2.05, 4.69) is 15.9 Å². The second-order valence-electron chi connectivity index (χ2n) is 2.23. The number of hydrogen-bond acceptors (Lipinski definition) is 0. The minimum absolute atomic E-state index is 0.386. The Bertz CT molecular complexity index is 237. The average Bonchev–Trinajstić information content (AvgIpc) is 1.82. The minimum Gasteiger partial charge on any atom is -0.0932 e. The molecule has 12 heavy (non-hydrogen) atoms. The number of allylic oxidation sites excluding steroid dienone is 4. The molecule has 0 fully saturated rings. The van der Waals surface area contributed by atoms with Crippen LogP contribution < -0.4 is 0 Å². The molecule has 0 unspecified atom stereocenters. The molecule has 0 aliphatic heterocycles. The quantitative estimate of drug-likeness (QED) is 0.562. The van der Waals surface area contributed by atoms with Crippen molar-refractivity contribution in [3.8, 4) is 0 Å². The van der Waals surface area contributed by atoms with Crippen molar-refractivity contribution in [2.45, 2.75) is 8.67 Å². The van der Waals surface area contributed by atoms with Gasteiger partial charge >= 0.3 is 0 Å². The predicted octanol–water partition coefficient (Wildman–Crippen LogP) is 4.75. The van der Waals surface area contributed by atoms with E-state index in [1.807, 2.05) is 0 Å². The SMILES string of the molecule is ClC1=CC(Cl)(Cl)C(Cl)(Cl)C=C1Br. The Morgan fingerprint density at radius 2 is 1.42 bits per heavy atom. The van der Waals surface area contributed by atoms with Crippen molar-refractivity contribution in [2.75, 3.05) is 0 Å². The van der Waals surface area contributed by atoms with Gasteiger partial charge in [-0.1, -0.05) is 58.0 Å². The van der Waals surface area contributed by atoms with Gasteiger partial charge in [0.2, 0.25) is 0 Å². The molecule has 1 aliphatic carbocycles. The standard InChI is InChI=1S/C6H2BrCl5/c7-3-1-5(9,10)6(11,12)2-4(3)8/h1-2H. The number of rotatable bonds is 0. The highest BCUT2D eigenvalue weighted by Gasteiger charge is 2.46. The highest BCUT2D eigenvalue weighted by molar-refractivity contribution is 9.12. The van der Waals surface area contributed by atoms with Crippen molar-refractivity contribution in [1.82, 2.24) is 0 Å². The van der Waals surface area contributed by atoms with Crippen LogP contribution in [-0.4, -0.2) is 8.67 Å². The summed E-state index contributed by atoms with van der Waals surface area (Å²) in [4.78, 5) is 0. The first-order chi connectivity index (χ1) is 5.26. The van der Waals surface area contributed by atoms with Crippen molar-refractivity contribution in [3.05, 3.63) is 21.7 Å². The molecule has 68 valence electrons. The van der Waals surface area contributed by atoms with Gasteiger partial charge in [-0.15, -0.1) is 0 Å². The van der Waals surface area contributed by atoms with Crippen LogP contribution >= 0.6 is 73.9 Å². The molecule has 0 nitrogen and oxygen atoms in total. The number of alkyl halides is 4. The molecule has 0 aromatic heterocycles. The monoisotopic (exact) mass is 328 g/mol. The molecule has 0 saturated heterocycles. The second kappa shape index (κ2) is 3.52. The largest absolute Gasteiger partial charge is 0.174 e. The van der Waals surface area contributed by atoms with Crippen LogP contribution in [0.5, 0.6) is 0 Å². The Balaban J connectivity index is 3.15. The first-order valence-corrected chi connectivity index (χ1v) is 5.47. The first kappa shape index (κ1) is 11.5. The summed E-state index contributed by atoms with van der Waals surface area (Å²) >= 11 is 32.1. The summed E-state index contributed by atoms with van der Waals surface area (Å²) in [6.07, 6.45) is 2.82. The lowest BCUT2D eigenvalue weighted by atomic mass is 10.1. The summed E-state index contributed by atoms with van der Waals surface area (Å²) in [6, 6.07) is 0. The van der Waals surface area contributed by atoms with Crippen LogP contribution in [0.2, 0.25) is 0 Å². The third kappa shape index (κ3) is 2.08. The summed E-state index contributed by atoms with van der Waals surface area (Å²) in [7, 11) is 0. The normalized spacial score (nSPS) is 26.2. The minimum atomic E-state index is -1.40. The molecule has 0 saturated carbocycles. The molecular formula is C6H2BrCl5. The topological polar surface area (TPSA) is 0 Å². The van der Waals surface area contributed by atoms with E-state index in [4.69, 9.17) is 58.0 Å². The van der Waals surface area contributed by atoms with Gasteiger partial charge in [-0.2, -0.15) is 0 Å². The molecule has 0 radical (unpaired) electrons. The molecule has 1 aliphatic rings. The molecule has 0 spiro atoms. The van der Waals surface area contributed by atoms with Gasteiger partial charge in [-0.05, 0) is 28.1 Å². The van der Waals surface area contributed by atoms with Crippen LogP contribution in [0.1, 0.15) is 0 Å². The lowest BCUT2D eigenvalue weighted by Crippen LogP contribution is -2.34. The molecule has 0 heterocycles. The van der Waals surface area contributed by atoms with Crippen LogP contribution in [0.4, 0.5) is 0 Å². The molecule has 6 heteroatoms. The number of hydrogen-bond donors (Lipinski definition) is 0. The van der Waals surface area contributed by atoms with Gasteiger partial charge in [0.15, 0.2) is 8.67 Å². The Labute approximate surface area is 104 Å². The van der Waals surface area contributed by atoms with E-state index in [1.165, 1.54) is 12.2 Å². The fraction of sp³-hybridized carbons (Fsp3) is 0.333. The van der Waals surface area contributed by atoms with Gasteiger partial charge in [-0.25, -0.2) is 0 Å². The summed E-state index contributed by atoms with van der Waals surface area (Å²) in [5.74, 6) is 0. The molecular weight excluding hydrogens is 329 g/mol.